The molecule has 2 aromatic carbocycles. The Morgan fingerprint density at radius 3 is 2.44 bits per heavy atom. The molecule has 0 amide bonds. The van der Waals surface area contributed by atoms with Gasteiger partial charge in [0, 0.05) is 39.3 Å². The Morgan fingerprint density at radius 1 is 1.06 bits per heavy atom. The lowest BCUT2D eigenvalue weighted by atomic mass is 9.95. The highest BCUT2D eigenvalue weighted by atomic mass is 19.3. The van der Waals surface area contributed by atoms with Gasteiger partial charge in [0.25, 0.3) is 0 Å². The number of hydrogen-bond acceptors (Lipinski definition) is 4. The van der Waals surface area contributed by atoms with E-state index in [1.807, 2.05) is 12.1 Å². The molecular weight excluding hydrogens is 410 g/mol. The molecule has 1 unspecified atom stereocenters. The van der Waals surface area contributed by atoms with Gasteiger partial charge >= 0.3 is 6.61 Å². The minimum Gasteiger partial charge on any atom is -0.435 e. The zero-order valence-electron chi connectivity index (χ0n) is 18.9. The van der Waals surface area contributed by atoms with E-state index in [-0.39, 0.29) is 5.75 Å². The van der Waals surface area contributed by atoms with Gasteiger partial charge in [-0.25, -0.2) is 0 Å². The van der Waals surface area contributed by atoms with Gasteiger partial charge in [-0.05, 0) is 67.0 Å². The molecule has 0 spiro atoms. The first-order valence-corrected chi connectivity index (χ1v) is 11.7. The van der Waals surface area contributed by atoms with Crippen molar-refractivity contribution < 1.29 is 18.3 Å². The third kappa shape index (κ3) is 6.27. The Kier molecular flexibility index (Phi) is 8.11. The molecule has 1 saturated heterocycles. The molecule has 2 aliphatic rings. The van der Waals surface area contributed by atoms with Crippen molar-refractivity contribution in [1.82, 2.24) is 9.80 Å². The van der Waals surface area contributed by atoms with Crippen LogP contribution in [0.5, 0.6) is 5.75 Å². The van der Waals surface area contributed by atoms with Crippen LogP contribution in [0, 0.1) is 5.92 Å². The van der Waals surface area contributed by atoms with Gasteiger partial charge in [0.15, 0.2) is 0 Å². The van der Waals surface area contributed by atoms with Crippen molar-refractivity contribution in [1.29, 1.82) is 0 Å². The average Bonchev–Trinajstić information content (AvgIpc) is 3.23. The first-order chi connectivity index (χ1) is 15.6. The molecule has 1 aliphatic carbocycles. The number of nitrogens with zero attached hydrogens (tertiary/aromatic N) is 2. The Hall–Kier alpha value is -2.02. The average molecular weight is 445 g/mol. The van der Waals surface area contributed by atoms with E-state index in [1.54, 1.807) is 19.2 Å². The summed E-state index contributed by atoms with van der Waals surface area (Å²) >= 11 is 0. The number of rotatable bonds is 10. The molecule has 2 aromatic rings. The van der Waals surface area contributed by atoms with Crippen molar-refractivity contribution in [3.05, 3.63) is 65.2 Å². The maximum absolute atomic E-state index is 12.4. The van der Waals surface area contributed by atoms with Crippen LogP contribution >= 0.6 is 0 Å². The molecule has 1 aliphatic heterocycles. The molecule has 0 radical (unpaired) electrons. The number of methoxy groups -OCH3 is 1. The van der Waals surface area contributed by atoms with Crippen LogP contribution in [-0.2, 0) is 24.1 Å². The maximum atomic E-state index is 12.4. The number of halogens is 2. The minimum absolute atomic E-state index is 0.202. The van der Waals surface area contributed by atoms with E-state index < -0.39 is 6.61 Å². The SMILES string of the molecule is COCCN(Cc1ccc(OC(F)F)cc1)CC1CCCN(C2Cc3ccccc3C2)C1. The third-order valence-electron chi connectivity index (χ3n) is 6.78. The van der Waals surface area contributed by atoms with Crippen molar-refractivity contribution in [2.45, 2.75) is 44.9 Å². The monoisotopic (exact) mass is 444 g/mol. The van der Waals surface area contributed by atoms with Crippen LogP contribution in [0.1, 0.15) is 29.5 Å². The first kappa shape index (κ1) is 23.1. The summed E-state index contributed by atoms with van der Waals surface area (Å²) in [5.41, 5.74) is 4.13. The predicted octanol–water partition coefficient (Wildman–Crippen LogP) is 4.62. The van der Waals surface area contributed by atoms with Crippen LogP contribution < -0.4 is 4.74 Å². The van der Waals surface area contributed by atoms with E-state index >= 15 is 0 Å². The quantitative estimate of drug-likeness (QED) is 0.534. The second-order valence-corrected chi connectivity index (χ2v) is 9.08. The predicted molar refractivity (Wildman–Crippen MR) is 122 cm³/mol. The summed E-state index contributed by atoms with van der Waals surface area (Å²) in [6.07, 6.45) is 4.84. The van der Waals surface area contributed by atoms with E-state index in [0.29, 0.717) is 18.6 Å². The molecule has 6 heteroatoms. The Balaban J connectivity index is 1.33. The Bertz CT molecular complexity index is 821. The number of hydrogen-bond donors (Lipinski definition) is 0. The van der Waals surface area contributed by atoms with Crippen molar-refractivity contribution >= 4 is 0 Å². The van der Waals surface area contributed by atoms with Crippen LogP contribution in [0.15, 0.2) is 48.5 Å². The van der Waals surface area contributed by atoms with Gasteiger partial charge in [0.05, 0.1) is 6.61 Å². The fraction of sp³-hybridized carbons (Fsp3) is 0.538. The van der Waals surface area contributed by atoms with Gasteiger partial charge in [0.2, 0.25) is 0 Å². The maximum Gasteiger partial charge on any atom is 0.387 e. The second-order valence-electron chi connectivity index (χ2n) is 9.08. The van der Waals surface area contributed by atoms with Crippen LogP contribution in [-0.4, -0.2) is 62.3 Å². The summed E-state index contributed by atoms with van der Waals surface area (Å²) in [6.45, 7) is 2.89. The number of benzene rings is 2. The van der Waals surface area contributed by atoms with E-state index in [1.165, 1.54) is 43.4 Å². The van der Waals surface area contributed by atoms with E-state index in [4.69, 9.17) is 4.74 Å². The van der Waals surface area contributed by atoms with Crippen molar-refractivity contribution in [2.24, 2.45) is 5.92 Å². The zero-order valence-corrected chi connectivity index (χ0v) is 18.9. The summed E-state index contributed by atoms with van der Waals surface area (Å²) in [6, 6.07) is 16.5. The van der Waals surface area contributed by atoms with Crippen LogP contribution in [0.25, 0.3) is 0 Å². The number of likely N-dealkylation sites (tertiary alicyclic amines) is 1. The van der Waals surface area contributed by atoms with Gasteiger partial charge in [0.1, 0.15) is 5.75 Å². The summed E-state index contributed by atoms with van der Waals surface area (Å²) in [7, 11) is 1.73. The minimum atomic E-state index is -2.79. The molecule has 174 valence electrons. The summed E-state index contributed by atoms with van der Waals surface area (Å²) < 4.78 is 34.6. The fourth-order valence-electron chi connectivity index (χ4n) is 5.23. The smallest absolute Gasteiger partial charge is 0.387 e. The Labute approximate surface area is 190 Å². The topological polar surface area (TPSA) is 24.9 Å². The molecule has 0 bridgehead atoms. The van der Waals surface area contributed by atoms with Crippen LogP contribution in [0.4, 0.5) is 8.78 Å². The molecule has 1 atom stereocenters. The summed E-state index contributed by atoms with van der Waals surface area (Å²) in [4.78, 5) is 5.14. The molecule has 1 heterocycles. The lowest BCUT2D eigenvalue weighted by molar-refractivity contribution is -0.0498. The highest BCUT2D eigenvalue weighted by Crippen LogP contribution is 2.29. The highest BCUT2D eigenvalue weighted by Gasteiger charge is 2.31. The Morgan fingerprint density at radius 2 is 1.78 bits per heavy atom. The van der Waals surface area contributed by atoms with Crippen molar-refractivity contribution in [3.8, 4) is 5.75 Å². The molecule has 1 fully saturated rings. The van der Waals surface area contributed by atoms with Crippen molar-refractivity contribution in [3.63, 3.8) is 0 Å². The van der Waals surface area contributed by atoms with E-state index in [2.05, 4.69) is 38.8 Å². The largest absolute Gasteiger partial charge is 0.435 e. The molecule has 4 nitrogen and oxygen atoms in total. The number of ether oxygens (including phenoxy) is 2. The zero-order chi connectivity index (χ0) is 22.3. The normalized spacial score (nSPS) is 19.6. The fourth-order valence-corrected chi connectivity index (χ4v) is 5.23. The molecule has 0 saturated carbocycles. The summed E-state index contributed by atoms with van der Waals surface area (Å²) in [5.74, 6) is 0.832. The van der Waals surface area contributed by atoms with Gasteiger partial charge in [-0.2, -0.15) is 8.78 Å². The van der Waals surface area contributed by atoms with Crippen LogP contribution in [0.2, 0.25) is 0 Å². The number of alkyl halides is 2. The van der Waals surface area contributed by atoms with Crippen LogP contribution in [0.3, 0.4) is 0 Å². The molecule has 0 N–H and O–H groups in total. The molecule has 4 rings (SSSR count). The highest BCUT2D eigenvalue weighted by molar-refractivity contribution is 5.33. The number of piperidine rings is 1. The number of fused-ring (bicyclic) bond motifs is 1. The van der Waals surface area contributed by atoms with Gasteiger partial charge in [-0.1, -0.05) is 36.4 Å². The molecule has 0 aromatic heterocycles. The molecular formula is C26H34F2N2O2. The van der Waals surface area contributed by atoms with Gasteiger partial charge in [-0.15, -0.1) is 0 Å². The van der Waals surface area contributed by atoms with Gasteiger partial charge < -0.3 is 9.47 Å². The third-order valence-corrected chi connectivity index (χ3v) is 6.78. The first-order valence-electron chi connectivity index (χ1n) is 11.7. The molecule has 32 heavy (non-hydrogen) atoms. The standard InChI is InChI=1S/C26H34F2N2O2/c1-31-14-13-29(17-20-8-10-25(11-9-20)32-26(27)28)18-21-5-4-12-30(19-21)24-15-22-6-2-3-7-23(22)16-24/h2-3,6-11,21,24,26H,4-5,12-19H2,1H3. The van der Waals surface area contributed by atoms with E-state index in [9.17, 15) is 8.78 Å². The second kappa shape index (κ2) is 11.2. The van der Waals surface area contributed by atoms with E-state index in [0.717, 1.165) is 31.7 Å². The van der Waals surface area contributed by atoms with Crippen molar-refractivity contribution in [2.75, 3.05) is 39.9 Å². The summed E-state index contributed by atoms with van der Waals surface area (Å²) in [5, 5.41) is 0. The lowest BCUT2D eigenvalue weighted by Crippen LogP contribution is -2.46. The van der Waals surface area contributed by atoms with Gasteiger partial charge in [-0.3, -0.25) is 9.80 Å². The lowest BCUT2D eigenvalue weighted by Gasteiger charge is -2.38.